The molecule has 0 unspecified atom stereocenters. The second kappa shape index (κ2) is 9.09. The molecule has 2 N–H and O–H groups in total. The number of amides is 3. The van der Waals surface area contributed by atoms with Gasteiger partial charge in [0.1, 0.15) is 0 Å². The highest BCUT2D eigenvalue weighted by molar-refractivity contribution is 6.07. The van der Waals surface area contributed by atoms with E-state index >= 15 is 0 Å². The number of benzene rings is 2. The van der Waals surface area contributed by atoms with E-state index in [4.69, 9.17) is 4.74 Å². The summed E-state index contributed by atoms with van der Waals surface area (Å²) in [5.74, 6) is -1.07. The number of nitrogens with zero attached hydrogens (tertiary/aromatic N) is 1. The highest BCUT2D eigenvalue weighted by Crippen LogP contribution is 2.26. The molecule has 0 aliphatic carbocycles. The van der Waals surface area contributed by atoms with Gasteiger partial charge in [-0.3, -0.25) is 14.4 Å². The molecule has 4 rings (SSSR count). The lowest BCUT2D eigenvalue weighted by Gasteiger charge is -2.17. The molecule has 0 radical (unpaired) electrons. The smallest absolute Gasteiger partial charge is 0.253 e. The average molecular weight is 407 g/mol. The van der Waals surface area contributed by atoms with E-state index in [0.717, 1.165) is 25.1 Å². The fourth-order valence-corrected chi connectivity index (χ4v) is 3.87. The quantitative estimate of drug-likeness (QED) is 0.771. The summed E-state index contributed by atoms with van der Waals surface area (Å²) in [7, 11) is 0. The third kappa shape index (κ3) is 4.52. The van der Waals surface area contributed by atoms with Crippen molar-refractivity contribution >= 4 is 29.1 Å². The Labute approximate surface area is 175 Å². The molecule has 0 bridgehead atoms. The van der Waals surface area contributed by atoms with Gasteiger partial charge in [0.05, 0.1) is 23.3 Å². The molecule has 156 valence electrons. The predicted octanol–water partition coefficient (Wildman–Crippen LogP) is 2.59. The van der Waals surface area contributed by atoms with Crippen molar-refractivity contribution < 1.29 is 19.1 Å². The van der Waals surface area contributed by atoms with Crippen LogP contribution in [-0.2, 0) is 14.3 Å². The lowest BCUT2D eigenvalue weighted by Crippen LogP contribution is -2.33. The molecule has 7 nitrogen and oxygen atoms in total. The van der Waals surface area contributed by atoms with Crippen LogP contribution in [0.25, 0.3) is 0 Å². The number of carbonyl (C=O) groups excluding carboxylic acids is 3. The third-order valence-corrected chi connectivity index (χ3v) is 5.51. The molecule has 2 saturated heterocycles. The van der Waals surface area contributed by atoms with Crippen LogP contribution >= 0.6 is 0 Å². The van der Waals surface area contributed by atoms with Gasteiger partial charge in [-0.25, -0.2) is 0 Å². The van der Waals surface area contributed by atoms with E-state index in [1.54, 1.807) is 29.2 Å². The summed E-state index contributed by atoms with van der Waals surface area (Å²) >= 11 is 0. The molecule has 2 aliphatic rings. The average Bonchev–Trinajstić information content (AvgIpc) is 3.43. The summed E-state index contributed by atoms with van der Waals surface area (Å²) in [4.78, 5) is 39.5. The van der Waals surface area contributed by atoms with Crippen LogP contribution in [0.3, 0.4) is 0 Å². The van der Waals surface area contributed by atoms with Gasteiger partial charge in [-0.2, -0.15) is 0 Å². The number of hydrogen-bond donors (Lipinski definition) is 2. The first-order chi connectivity index (χ1) is 14.6. The molecule has 2 atom stereocenters. The Morgan fingerprint density at radius 2 is 1.83 bits per heavy atom. The van der Waals surface area contributed by atoms with Crippen molar-refractivity contribution in [1.29, 1.82) is 0 Å². The van der Waals surface area contributed by atoms with E-state index in [0.29, 0.717) is 24.3 Å². The molecule has 2 heterocycles. The number of anilines is 2. The normalized spacial score (nSPS) is 20.9. The standard InChI is InChI=1S/C23H25N3O4/c27-21-13-16(15-26(21)17-7-2-1-3-8-17)22(28)25-20-11-5-4-10-19(20)23(29)24-14-18-9-6-12-30-18/h1-5,7-8,10-11,16,18H,6,9,12-15H2,(H,24,29)(H,25,28)/t16-,18+/m1/s1. The molecular weight excluding hydrogens is 382 g/mol. The van der Waals surface area contributed by atoms with Gasteiger partial charge in [-0.1, -0.05) is 30.3 Å². The monoisotopic (exact) mass is 407 g/mol. The summed E-state index contributed by atoms with van der Waals surface area (Å²) in [5.41, 5.74) is 1.62. The summed E-state index contributed by atoms with van der Waals surface area (Å²) < 4.78 is 5.54. The lowest BCUT2D eigenvalue weighted by atomic mass is 10.1. The van der Waals surface area contributed by atoms with Crippen molar-refractivity contribution in [2.24, 2.45) is 5.92 Å². The molecule has 2 aromatic carbocycles. The van der Waals surface area contributed by atoms with Gasteiger partial charge in [-0.15, -0.1) is 0 Å². The van der Waals surface area contributed by atoms with E-state index in [-0.39, 0.29) is 30.2 Å². The Kier molecular flexibility index (Phi) is 6.09. The van der Waals surface area contributed by atoms with Crippen LogP contribution in [0.1, 0.15) is 29.6 Å². The van der Waals surface area contributed by atoms with Crippen molar-refractivity contribution in [3.8, 4) is 0 Å². The molecule has 30 heavy (non-hydrogen) atoms. The molecule has 0 aromatic heterocycles. The van der Waals surface area contributed by atoms with Gasteiger partial charge in [-0.05, 0) is 37.1 Å². The van der Waals surface area contributed by atoms with Gasteiger partial charge in [0.25, 0.3) is 5.91 Å². The van der Waals surface area contributed by atoms with E-state index in [2.05, 4.69) is 10.6 Å². The minimum absolute atomic E-state index is 0.0455. The zero-order valence-electron chi connectivity index (χ0n) is 16.7. The molecule has 3 amide bonds. The van der Waals surface area contributed by atoms with Crippen molar-refractivity contribution in [1.82, 2.24) is 5.32 Å². The molecule has 0 saturated carbocycles. The van der Waals surface area contributed by atoms with Crippen molar-refractivity contribution in [3.63, 3.8) is 0 Å². The van der Waals surface area contributed by atoms with Crippen LogP contribution in [0.15, 0.2) is 54.6 Å². The Balaban J connectivity index is 1.40. The van der Waals surface area contributed by atoms with Gasteiger partial charge < -0.3 is 20.3 Å². The maximum Gasteiger partial charge on any atom is 0.253 e. The molecule has 2 fully saturated rings. The minimum Gasteiger partial charge on any atom is -0.376 e. The maximum absolute atomic E-state index is 12.8. The summed E-state index contributed by atoms with van der Waals surface area (Å²) in [5, 5.41) is 5.73. The number of hydrogen-bond acceptors (Lipinski definition) is 4. The molecule has 7 heteroatoms. The first-order valence-electron chi connectivity index (χ1n) is 10.3. The summed E-state index contributed by atoms with van der Waals surface area (Å²) in [6.45, 7) is 1.50. The minimum atomic E-state index is -0.472. The SMILES string of the molecule is O=C(NC[C@@H]1CCCO1)c1ccccc1NC(=O)[C@@H]1CC(=O)N(c2ccccc2)C1. The Hall–Kier alpha value is -3.19. The van der Waals surface area contributed by atoms with Crippen molar-refractivity contribution in [2.45, 2.75) is 25.4 Å². The molecule has 2 aliphatic heterocycles. The number of para-hydroxylation sites is 2. The van der Waals surface area contributed by atoms with Gasteiger partial charge >= 0.3 is 0 Å². The van der Waals surface area contributed by atoms with E-state index in [1.807, 2.05) is 30.3 Å². The molecular formula is C23H25N3O4. The predicted molar refractivity (Wildman–Crippen MR) is 113 cm³/mol. The van der Waals surface area contributed by atoms with Crippen LogP contribution in [-0.4, -0.2) is 43.5 Å². The number of rotatable bonds is 6. The topological polar surface area (TPSA) is 87.7 Å². The molecule has 0 spiro atoms. The van der Waals surface area contributed by atoms with Gasteiger partial charge in [0.2, 0.25) is 11.8 Å². The van der Waals surface area contributed by atoms with Crippen molar-refractivity contribution in [3.05, 3.63) is 60.2 Å². The van der Waals surface area contributed by atoms with Gasteiger partial charge in [0.15, 0.2) is 0 Å². The second-order valence-corrected chi connectivity index (χ2v) is 7.62. The third-order valence-electron chi connectivity index (χ3n) is 5.51. The van der Waals surface area contributed by atoms with E-state index in [9.17, 15) is 14.4 Å². The summed E-state index contributed by atoms with van der Waals surface area (Å²) in [6.07, 6.45) is 2.14. The van der Waals surface area contributed by atoms with E-state index in [1.165, 1.54) is 0 Å². The highest BCUT2D eigenvalue weighted by atomic mass is 16.5. The Bertz CT molecular complexity index is 925. The molecule has 2 aromatic rings. The van der Waals surface area contributed by atoms with Gasteiger partial charge in [0, 0.05) is 31.8 Å². The highest BCUT2D eigenvalue weighted by Gasteiger charge is 2.35. The Morgan fingerprint density at radius 3 is 2.60 bits per heavy atom. The first-order valence-corrected chi connectivity index (χ1v) is 10.3. The fourth-order valence-electron chi connectivity index (χ4n) is 3.87. The van der Waals surface area contributed by atoms with Crippen LogP contribution in [0.2, 0.25) is 0 Å². The van der Waals surface area contributed by atoms with E-state index < -0.39 is 5.92 Å². The zero-order valence-corrected chi connectivity index (χ0v) is 16.7. The number of carbonyl (C=O) groups is 3. The Morgan fingerprint density at radius 1 is 1.07 bits per heavy atom. The maximum atomic E-state index is 12.8. The lowest BCUT2D eigenvalue weighted by molar-refractivity contribution is -0.122. The largest absolute Gasteiger partial charge is 0.376 e. The fraction of sp³-hybridized carbons (Fsp3) is 0.348. The first kappa shape index (κ1) is 20.1. The number of nitrogens with one attached hydrogen (secondary N) is 2. The van der Waals surface area contributed by atoms with Crippen LogP contribution in [0.4, 0.5) is 11.4 Å². The summed E-state index contributed by atoms with van der Waals surface area (Å²) in [6, 6.07) is 16.2. The van der Waals surface area contributed by atoms with Crippen LogP contribution in [0, 0.1) is 5.92 Å². The van der Waals surface area contributed by atoms with Crippen LogP contribution in [0.5, 0.6) is 0 Å². The second-order valence-electron chi connectivity index (χ2n) is 7.62. The van der Waals surface area contributed by atoms with Crippen molar-refractivity contribution in [2.75, 3.05) is 29.9 Å². The van der Waals surface area contributed by atoms with Crippen LogP contribution < -0.4 is 15.5 Å². The zero-order chi connectivity index (χ0) is 20.9. The number of ether oxygens (including phenoxy) is 1.